The number of ether oxygens (including phenoxy) is 1. The molecule has 2 heterocycles. The molecule has 8 heteroatoms. The molecule has 100 valence electrons. The van der Waals surface area contributed by atoms with E-state index in [-0.39, 0.29) is 6.01 Å². The zero-order valence-electron chi connectivity index (χ0n) is 10.7. The molecule has 0 atom stereocenters. The lowest BCUT2D eigenvalue weighted by Gasteiger charge is -2.07. The van der Waals surface area contributed by atoms with Gasteiger partial charge in [-0.05, 0) is 12.8 Å². The van der Waals surface area contributed by atoms with Gasteiger partial charge < -0.3 is 10.1 Å². The molecule has 0 aromatic carbocycles. The summed E-state index contributed by atoms with van der Waals surface area (Å²) in [5.74, 6) is 0.773. The molecule has 0 saturated carbocycles. The van der Waals surface area contributed by atoms with Crippen molar-refractivity contribution < 1.29 is 4.74 Å². The second-order valence-corrected chi connectivity index (χ2v) is 3.61. The molecule has 0 saturated heterocycles. The van der Waals surface area contributed by atoms with Crippen molar-refractivity contribution in [1.29, 1.82) is 0 Å². The first-order chi connectivity index (χ1) is 9.33. The first-order valence-corrected chi connectivity index (χ1v) is 5.86. The summed E-state index contributed by atoms with van der Waals surface area (Å²) in [6, 6.07) is 0.258. The van der Waals surface area contributed by atoms with Gasteiger partial charge in [0.05, 0.1) is 6.61 Å². The SMILES string of the molecule is C=CCCCOc1nc(NC)nc(-n2cncn2)n1. The summed E-state index contributed by atoms with van der Waals surface area (Å²) in [6.45, 7) is 4.18. The maximum Gasteiger partial charge on any atom is 0.323 e. The normalized spacial score (nSPS) is 10.2. The van der Waals surface area contributed by atoms with Crippen LogP contribution in [0.1, 0.15) is 12.8 Å². The van der Waals surface area contributed by atoms with Gasteiger partial charge in [0.25, 0.3) is 5.95 Å². The lowest BCUT2D eigenvalue weighted by Crippen LogP contribution is -2.10. The van der Waals surface area contributed by atoms with Crippen LogP contribution >= 0.6 is 0 Å². The molecule has 0 fully saturated rings. The van der Waals surface area contributed by atoms with Gasteiger partial charge in [-0.25, -0.2) is 4.98 Å². The Hall–Kier alpha value is -2.51. The maximum absolute atomic E-state index is 5.48. The fraction of sp³-hybridized carbons (Fsp3) is 0.364. The third kappa shape index (κ3) is 3.47. The average molecular weight is 261 g/mol. The highest BCUT2D eigenvalue weighted by molar-refractivity contribution is 5.28. The summed E-state index contributed by atoms with van der Waals surface area (Å²) in [4.78, 5) is 16.3. The number of anilines is 1. The summed E-state index contributed by atoms with van der Waals surface area (Å²) in [7, 11) is 1.72. The minimum atomic E-state index is 0.258. The molecular weight excluding hydrogens is 246 g/mol. The van der Waals surface area contributed by atoms with Crippen molar-refractivity contribution >= 4 is 5.95 Å². The van der Waals surface area contributed by atoms with Crippen LogP contribution in [-0.4, -0.2) is 43.4 Å². The number of unbranched alkanes of at least 4 members (excludes halogenated alkanes) is 1. The minimum Gasteiger partial charge on any atom is -0.463 e. The monoisotopic (exact) mass is 261 g/mol. The zero-order valence-corrected chi connectivity index (χ0v) is 10.7. The highest BCUT2D eigenvalue weighted by Crippen LogP contribution is 2.10. The Bertz CT molecular complexity index is 526. The molecule has 0 radical (unpaired) electrons. The van der Waals surface area contributed by atoms with Gasteiger partial charge in [-0.2, -0.15) is 24.7 Å². The number of rotatable bonds is 7. The van der Waals surface area contributed by atoms with Gasteiger partial charge >= 0.3 is 6.01 Å². The Morgan fingerprint density at radius 2 is 2.32 bits per heavy atom. The third-order valence-electron chi connectivity index (χ3n) is 2.23. The Balaban J connectivity index is 2.14. The molecule has 0 spiro atoms. The van der Waals surface area contributed by atoms with Gasteiger partial charge in [-0.3, -0.25) is 0 Å². The molecular formula is C11H15N7O. The second-order valence-electron chi connectivity index (χ2n) is 3.61. The lowest BCUT2D eigenvalue weighted by atomic mass is 10.3. The van der Waals surface area contributed by atoms with Crippen LogP contribution in [0.25, 0.3) is 5.95 Å². The highest BCUT2D eigenvalue weighted by Gasteiger charge is 2.08. The van der Waals surface area contributed by atoms with Crippen molar-refractivity contribution in [2.75, 3.05) is 19.0 Å². The van der Waals surface area contributed by atoms with E-state index < -0.39 is 0 Å². The summed E-state index contributed by atoms with van der Waals surface area (Å²) in [6.07, 6.45) is 6.52. The molecule has 0 amide bonds. The van der Waals surface area contributed by atoms with Crippen LogP contribution in [0.15, 0.2) is 25.3 Å². The van der Waals surface area contributed by atoms with E-state index >= 15 is 0 Å². The molecule has 2 aromatic heterocycles. The third-order valence-corrected chi connectivity index (χ3v) is 2.23. The van der Waals surface area contributed by atoms with Crippen LogP contribution in [0.3, 0.4) is 0 Å². The van der Waals surface area contributed by atoms with Gasteiger partial charge in [0.2, 0.25) is 5.95 Å². The van der Waals surface area contributed by atoms with Gasteiger partial charge in [-0.15, -0.1) is 6.58 Å². The standard InChI is InChI=1S/C11H15N7O/c1-3-4-5-6-19-11-16-9(12-2)15-10(17-11)18-8-13-7-14-18/h3,7-8H,1,4-6H2,2H3,(H,12,15,16,17). The topological polar surface area (TPSA) is 90.6 Å². The van der Waals surface area contributed by atoms with Crippen LogP contribution in [0.4, 0.5) is 5.95 Å². The van der Waals surface area contributed by atoms with E-state index in [2.05, 4.69) is 36.9 Å². The summed E-state index contributed by atoms with van der Waals surface area (Å²) in [5, 5.41) is 6.82. The van der Waals surface area contributed by atoms with Crippen LogP contribution in [-0.2, 0) is 0 Å². The number of hydrogen-bond acceptors (Lipinski definition) is 7. The zero-order chi connectivity index (χ0) is 13.5. The van der Waals surface area contributed by atoms with Crippen molar-refractivity contribution in [2.45, 2.75) is 12.8 Å². The minimum absolute atomic E-state index is 0.258. The summed E-state index contributed by atoms with van der Waals surface area (Å²) < 4.78 is 6.92. The average Bonchev–Trinajstić information content (AvgIpc) is 2.97. The molecule has 0 aliphatic heterocycles. The molecule has 2 rings (SSSR count). The largest absolute Gasteiger partial charge is 0.463 e. The van der Waals surface area contributed by atoms with Crippen LogP contribution in [0, 0.1) is 0 Å². The van der Waals surface area contributed by atoms with Crippen molar-refractivity contribution in [3.8, 4) is 12.0 Å². The van der Waals surface area contributed by atoms with Crippen LogP contribution in [0.5, 0.6) is 6.01 Å². The predicted molar refractivity (Wildman–Crippen MR) is 69.2 cm³/mol. The fourth-order valence-electron chi connectivity index (χ4n) is 1.33. The molecule has 1 N–H and O–H groups in total. The van der Waals surface area contributed by atoms with Gasteiger partial charge in [0, 0.05) is 7.05 Å². The van der Waals surface area contributed by atoms with E-state index in [1.54, 1.807) is 7.05 Å². The van der Waals surface area contributed by atoms with Crippen molar-refractivity contribution in [2.24, 2.45) is 0 Å². The van der Waals surface area contributed by atoms with E-state index in [1.807, 2.05) is 6.08 Å². The highest BCUT2D eigenvalue weighted by atomic mass is 16.5. The van der Waals surface area contributed by atoms with Gasteiger partial charge in [0.1, 0.15) is 12.7 Å². The van der Waals surface area contributed by atoms with E-state index in [4.69, 9.17) is 4.74 Å². The van der Waals surface area contributed by atoms with Gasteiger partial charge in [0.15, 0.2) is 0 Å². The van der Waals surface area contributed by atoms with E-state index in [9.17, 15) is 0 Å². The Morgan fingerprint density at radius 3 is 3.00 bits per heavy atom. The Labute approximate surface area is 110 Å². The molecule has 0 aliphatic carbocycles. The smallest absolute Gasteiger partial charge is 0.323 e. The Morgan fingerprint density at radius 1 is 1.42 bits per heavy atom. The number of hydrogen-bond donors (Lipinski definition) is 1. The summed E-state index contributed by atoms with van der Waals surface area (Å²) >= 11 is 0. The van der Waals surface area contributed by atoms with Crippen LogP contribution in [0.2, 0.25) is 0 Å². The fourth-order valence-corrected chi connectivity index (χ4v) is 1.33. The molecule has 8 nitrogen and oxygen atoms in total. The number of nitrogens with one attached hydrogen (secondary N) is 1. The molecule has 2 aromatic rings. The van der Waals surface area contributed by atoms with Crippen molar-refractivity contribution in [3.05, 3.63) is 25.3 Å². The lowest BCUT2D eigenvalue weighted by molar-refractivity contribution is 0.286. The molecule has 0 bridgehead atoms. The number of nitrogens with zero attached hydrogens (tertiary/aromatic N) is 6. The van der Waals surface area contributed by atoms with Crippen molar-refractivity contribution in [3.63, 3.8) is 0 Å². The van der Waals surface area contributed by atoms with E-state index in [0.29, 0.717) is 18.5 Å². The van der Waals surface area contributed by atoms with Gasteiger partial charge in [-0.1, -0.05) is 6.08 Å². The molecule has 0 aliphatic rings. The molecule has 19 heavy (non-hydrogen) atoms. The first-order valence-electron chi connectivity index (χ1n) is 5.86. The number of allylic oxidation sites excluding steroid dienone is 1. The Kier molecular flexibility index (Phi) is 4.38. The summed E-state index contributed by atoms with van der Waals surface area (Å²) in [5.41, 5.74) is 0. The van der Waals surface area contributed by atoms with Crippen molar-refractivity contribution in [1.82, 2.24) is 29.7 Å². The predicted octanol–water partition coefficient (Wildman–Crippen LogP) is 0.839. The first kappa shape index (κ1) is 12.9. The number of aromatic nitrogens is 6. The maximum atomic E-state index is 5.48. The van der Waals surface area contributed by atoms with Crippen LogP contribution < -0.4 is 10.1 Å². The van der Waals surface area contributed by atoms with E-state index in [0.717, 1.165) is 12.8 Å². The molecule has 0 unspecified atom stereocenters. The van der Waals surface area contributed by atoms with E-state index in [1.165, 1.54) is 17.3 Å². The quantitative estimate of drug-likeness (QED) is 0.583. The second kappa shape index (κ2) is 6.43.